The van der Waals surface area contributed by atoms with Crippen molar-refractivity contribution in [1.82, 2.24) is 0 Å². The molecule has 0 aromatic heterocycles. The molecule has 0 fully saturated rings. The Bertz CT molecular complexity index is 644. The molecule has 2 aromatic carbocycles. The Morgan fingerprint density at radius 1 is 1.05 bits per heavy atom. The van der Waals surface area contributed by atoms with E-state index in [0.717, 1.165) is 23.3 Å². The molecule has 2 aromatic rings. The minimum Gasteiger partial charge on any atom is -0.294 e. The summed E-state index contributed by atoms with van der Waals surface area (Å²) in [5, 5.41) is 0. The van der Waals surface area contributed by atoms with Crippen molar-refractivity contribution in [3.05, 3.63) is 70.8 Å². The number of carbonyl (C=O) groups excluding carboxylic acids is 1. The summed E-state index contributed by atoms with van der Waals surface area (Å²) in [6, 6.07) is 12.3. The van der Waals surface area contributed by atoms with Crippen LogP contribution in [0, 0.1) is 6.92 Å². The summed E-state index contributed by atoms with van der Waals surface area (Å²) in [5.74, 6) is -0.275. The van der Waals surface area contributed by atoms with Crippen molar-refractivity contribution < 1.29 is 18.0 Å². The Balaban J connectivity index is 2.07. The van der Waals surface area contributed by atoms with Crippen molar-refractivity contribution in [2.45, 2.75) is 25.9 Å². The Labute approximate surface area is 121 Å². The second-order valence-corrected chi connectivity index (χ2v) is 4.99. The van der Waals surface area contributed by atoms with Crippen LogP contribution in [0.15, 0.2) is 48.5 Å². The summed E-state index contributed by atoms with van der Waals surface area (Å²) in [7, 11) is 0. The molecule has 0 amide bonds. The predicted molar refractivity (Wildman–Crippen MR) is 75.3 cm³/mol. The van der Waals surface area contributed by atoms with Gasteiger partial charge >= 0.3 is 6.18 Å². The van der Waals surface area contributed by atoms with Crippen molar-refractivity contribution in [2.75, 3.05) is 0 Å². The van der Waals surface area contributed by atoms with Gasteiger partial charge in [-0.25, -0.2) is 0 Å². The first-order chi connectivity index (χ1) is 9.86. The Morgan fingerprint density at radius 3 is 2.43 bits per heavy atom. The highest BCUT2D eigenvalue weighted by molar-refractivity contribution is 5.96. The van der Waals surface area contributed by atoms with Gasteiger partial charge in [-0.3, -0.25) is 4.79 Å². The van der Waals surface area contributed by atoms with E-state index in [1.54, 1.807) is 0 Å². The number of carbonyl (C=O) groups is 1. The molecule has 0 heterocycles. The fourth-order valence-corrected chi connectivity index (χ4v) is 2.14. The first-order valence-corrected chi connectivity index (χ1v) is 6.62. The second kappa shape index (κ2) is 6.12. The normalized spacial score (nSPS) is 11.4. The fourth-order valence-electron chi connectivity index (χ4n) is 2.14. The topological polar surface area (TPSA) is 17.1 Å². The average Bonchev–Trinajstić information content (AvgIpc) is 2.44. The summed E-state index contributed by atoms with van der Waals surface area (Å²) in [5.41, 5.74) is 1.43. The van der Waals surface area contributed by atoms with Crippen LogP contribution in [-0.4, -0.2) is 5.78 Å². The predicted octanol–water partition coefficient (Wildman–Crippen LogP) is 4.83. The lowest BCUT2D eigenvalue weighted by Gasteiger charge is -2.08. The van der Waals surface area contributed by atoms with Gasteiger partial charge in [-0.2, -0.15) is 13.2 Å². The van der Waals surface area contributed by atoms with E-state index in [-0.39, 0.29) is 17.8 Å². The van der Waals surface area contributed by atoms with Crippen molar-refractivity contribution in [3.63, 3.8) is 0 Å². The van der Waals surface area contributed by atoms with Crippen LogP contribution in [0.25, 0.3) is 0 Å². The van der Waals surface area contributed by atoms with Crippen LogP contribution in [-0.2, 0) is 12.6 Å². The number of aryl methyl sites for hydroxylation is 2. The Hall–Kier alpha value is -2.10. The van der Waals surface area contributed by atoms with Gasteiger partial charge < -0.3 is 0 Å². The molecule has 0 bridgehead atoms. The molecular formula is C17H15F3O. The SMILES string of the molecule is Cc1cccc(CCC(=O)c2cccc(C(F)(F)F)c2)c1. The number of hydrogen-bond acceptors (Lipinski definition) is 1. The molecular weight excluding hydrogens is 277 g/mol. The van der Waals surface area contributed by atoms with E-state index in [1.807, 2.05) is 31.2 Å². The van der Waals surface area contributed by atoms with E-state index in [1.165, 1.54) is 12.1 Å². The van der Waals surface area contributed by atoms with Crippen LogP contribution in [0.2, 0.25) is 0 Å². The van der Waals surface area contributed by atoms with Gasteiger partial charge in [0.05, 0.1) is 5.56 Å². The van der Waals surface area contributed by atoms with E-state index in [2.05, 4.69) is 0 Å². The van der Waals surface area contributed by atoms with E-state index >= 15 is 0 Å². The first-order valence-electron chi connectivity index (χ1n) is 6.62. The molecule has 21 heavy (non-hydrogen) atoms. The van der Waals surface area contributed by atoms with Crippen LogP contribution in [0.3, 0.4) is 0 Å². The van der Waals surface area contributed by atoms with Gasteiger partial charge in [-0.05, 0) is 31.0 Å². The van der Waals surface area contributed by atoms with Crippen molar-refractivity contribution in [2.24, 2.45) is 0 Å². The van der Waals surface area contributed by atoms with Crippen molar-refractivity contribution in [1.29, 1.82) is 0 Å². The third kappa shape index (κ3) is 4.18. The minimum absolute atomic E-state index is 0.109. The third-order valence-electron chi connectivity index (χ3n) is 3.24. The summed E-state index contributed by atoms with van der Waals surface area (Å²) in [4.78, 5) is 12.0. The number of alkyl halides is 3. The van der Waals surface area contributed by atoms with Crippen molar-refractivity contribution >= 4 is 5.78 Å². The second-order valence-electron chi connectivity index (χ2n) is 4.99. The molecule has 0 N–H and O–H groups in total. The number of Topliss-reactive ketones (excluding diaryl/α,β-unsaturated/α-hetero) is 1. The largest absolute Gasteiger partial charge is 0.416 e. The molecule has 110 valence electrons. The highest BCUT2D eigenvalue weighted by Crippen LogP contribution is 2.29. The Morgan fingerprint density at radius 2 is 1.76 bits per heavy atom. The summed E-state index contributed by atoms with van der Waals surface area (Å²) < 4.78 is 37.8. The molecule has 0 unspecified atom stereocenters. The van der Waals surface area contributed by atoms with Gasteiger partial charge in [0.25, 0.3) is 0 Å². The Kier molecular flexibility index (Phi) is 4.46. The number of halogens is 3. The van der Waals surface area contributed by atoms with Gasteiger partial charge in [-0.15, -0.1) is 0 Å². The summed E-state index contributed by atoms with van der Waals surface area (Å²) in [6.45, 7) is 1.96. The zero-order valence-electron chi connectivity index (χ0n) is 11.6. The van der Waals surface area contributed by atoms with Gasteiger partial charge in [0, 0.05) is 12.0 Å². The molecule has 0 aliphatic heterocycles. The van der Waals surface area contributed by atoms with Crippen LogP contribution < -0.4 is 0 Å². The molecule has 0 radical (unpaired) electrons. The summed E-state index contributed by atoms with van der Waals surface area (Å²) >= 11 is 0. The van der Waals surface area contributed by atoms with E-state index in [9.17, 15) is 18.0 Å². The molecule has 4 heteroatoms. The molecule has 0 saturated heterocycles. The van der Waals surface area contributed by atoms with E-state index in [4.69, 9.17) is 0 Å². The monoisotopic (exact) mass is 292 g/mol. The third-order valence-corrected chi connectivity index (χ3v) is 3.24. The minimum atomic E-state index is -4.42. The lowest BCUT2D eigenvalue weighted by atomic mass is 10.0. The fraction of sp³-hybridized carbons (Fsp3) is 0.235. The lowest BCUT2D eigenvalue weighted by Crippen LogP contribution is -2.08. The lowest BCUT2D eigenvalue weighted by molar-refractivity contribution is -0.137. The standard InChI is InChI=1S/C17H15F3O/c1-12-4-2-5-13(10-12)8-9-16(21)14-6-3-7-15(11-14)17(18,19)20/h2-7,10-11H,8-9H2,1H3. The van der Waals surface area contributed by atoms with Gasteiger partial charge in [-0.1, -0.05) is 42.0 Å². The summed E-state index contributed by atoms with van der Waals surface area (Å²) in [6.07, 6.45) is -3.70. The van der Waals surface area contributed by atoms with Crippen LogP contribution in [0.1, 0.15) is 33.5 Å². The van der Waals surface area contributed by atoms with E-state index < -0.39 is 11.7 Å². The number of ketones is 1. The highest BCUT2D eigenvalue weighted by Gasteiger charge is 2.30. The van der Waals surface area contributed by atoms with Gasteiger partial charge in [0.2, 0.25) is 0 Å². The van der Waals surface area contributed by atoms with Crippen LogP contribution in [0.4, 0.5) is 13.2 Å². The molecule has 2 rings (SSSR count). The molecule has 0 saturated carbocycles. The molecule has 0 aliphatic carbocycles. The van der Waals surface area contributed by atoms with Gasteiger partial charge in [0.1, 0.15) is 0 Å². The maximum Gasteiger partial charge on any atom is 0.416 e. The smallest absolute Gasteiger partial charge is 0.294 e. The first kappa shape index (κ1) is 15.3. The number of rotatable bonds is 4. The number of benzene rings is 2. The molecule has 0 aliphatic rings. The zero-order chi connectivity index (χ0) is 15.5. The molecule has 1 nitrogen and oxygen atoms in total. The maximum atomic E-state index is 12.6. The number of hydrogen-bond donors (Lipinski definition) is 0. The van der Waals surface area contributed by atoms with Gasteiger partial charge in [0.15, 0.2) is 5.78 Å². The van der Waals surface area contributed by atoms with E-state index in [0.29, 0.717) is 6.42 Å². The zero-order valence-corrected chi connectivity index (χ0v) is 11.6. The molecule has 0 spiro atoms. The maximum absolute atomic E-state index is 12.6. The van der Waals surface area contributed by atoms with Crippen molar-refractivity contribution in [3.8, 4) is 0 Å². The quantitative estimate of drug-likeness (QED) is 0.738. The van der Waals surface area contributed by atoms with Crippen LogP contribution >= 0.6 is 0 Å². The highest BCUT2D eigenvalue weighted by atomic mass is 19.4. The average molecular weight is 292 g/mol. The van der Waals surface area contributed by atoms with Crippen LogP contribution in [0.5, 0.6) is 0 Å². The molecule has 0 atom stereocenters.